The summed E-state index contributed by atoms with van der Waals surface area (Å²) in [6, 6.07) is 4.37. The molecule has 0 amide bonds. The predicted octanol–water partition coefficient (Wildman–Crippen LogP) is 3.29. The fourth-order valence-electron chi connectivity index (χ4n) is 1.61. The van der Waals surface area contributed by atoms with Crippen molar-refractivity contribution in [2.45, 2.75) is 38.9 Å². The number of hydrogen-bond donors (Lipinski definition) is 1. The maximum absolute atomic E-state index is 12.6. The lowest BCUT2D eigenvalue weighted by atomic mass is 9.94. The van der Waals surface area contributed by atoms with Gasteiger partial charge in [0.1, 0.15) is 0 Å². The molecule has 0 aromatic heterocycles. The third-order valence-electron chi connectivity index (χ3n) is 2.27. The summed E-state index contributed by atoms with van der Waals surface area (Å²) in [7, 11) is 0. The van der Waals surface area contributed by atoms with Crippen LogP contribution in [0.3, 0.4) is 0 Å². The first-order valence-corrected chi connectivity index (χ1v) is 5.05. The molecule has 0 spiro atoms. The molecule has 0 atom stereocenters. The minimum Gasteiger partial charge on any atom is -0.325 e. The van der Waals surface area contributed by atoms with Crippen molar-refractivity contribution >= 4 is 0 Å². The van der Waals surface area contributed by atoms with Gasteiger partial charge >= 0.3 is 6.18 Å². The first-order chi connectivity index (χ1) is 7.09. The van der Waals surface area contributed by atoms with E-state index < -0.39 is 17.3 Å². The Morgan fingerprint density at radius 1 is 1.19 bits per heavy atom. The van der Waals surface area contributed by atoms with Crippen molar-refractivity contribution in [3.05, 3.63) is 34.9 Å². The van der Waals surface area contributed by atoms with Crippen LogP contribution in [0.4, 0.5) is 13.2 Å². The fourth-order valence-corrected chi connectivity index (χ4v) is 1.61. The summed E-state index contributed by atoms with van der Waals surface area (Å²) in [5, 5.41) is 0. The highest BCUT2D eigenvalue weighted by atomic mass is 19.4. The number of benzene rings is 1. The number of nitrogens with two attached hydrogens (primary N) is 1. The average Bonchev–Trinajstić information content (AvgIpc) is 2.04. The van der Waals surface area contributed by atoms with Crippen LogP contribution in [-0.2, 0) is 12.6 Å². The van der Waals surface area contributed by atoms with Crippen LogP contribution in [0.2, 0.25) is 0 Å². The van der Waals surface area contributed by atoms with Gasteiger partial charge in [-0.25, -0.2) is 0 Å². The van der Waals surface area contributed by atoms with Crippen molar-refractivity contribution in [2.24, 2.45) is 5.73 Å². The normalized spacial score (nSPS) is 12.9. The molecule has 0 aliphatic carbocycles. The van der Waals surface area contributed by atoms with E-state index in [0.717, 1.165) is 0 Å². The summed E-state index contributed by atoms with van der Waals surface area (Å²) < 4.78 is 37.9. The number of hydrogen-bond acceptors (Lipinski definition) is 1. The highest BCUT2D eigenvalue weighted by Gasteiger charge is 2.32. The molecule has 4 heteroatoms. The smallest absolute Gasteiger partial charge is 0.325 e. The van der Waals surface area contributed by atoms with Gasteiger partial charge in [-0.15, -0.1) is 0 Å². The summed E-state index contributed by atoms with van der Waals surface area (Å²) in [6.45, 7) is 5.04. The molecule has 0 saturated heterocycles. The lowest BCUT2D eigenvalue weighted by molar-refractivity contribution is -0.138. The molecule has 1 aromatic carbocycles. The van der Waals surface area contributed by atoms with Gasteiger partial charge in [-0.05, 0) is 44.4 Å². The number of aryl methyl sites for hydroxylation is 1. The van der Waals surface area contributed by atoms with Crippen LogP contribution in [0.5, 0.6) is 0 Å². The molecule has 90 valence electrons. The van der Waals surface area contributed by atoms with Crippen LogP contribution in [0.15, 0.2) is 18.2 Å². The van der Waals surface area contributed by atoms with Crippen LogP contribution >= 0.6 is 0 Å². The molecule has 0 fully saturated rings. The van der Waals surface area contributed by atoms with Gasteiger partial charge in [0.15, 0.2) is 0 Å². The highest BCUT2D eigenvalue weighted by Crippen LogP contribution is 2.32. The van der Waals surface area contributed by atoms with Crippen molar-refractivity contribution in [2.75, 3.05) is 0 Å². The molecule has 1 aromatic rings. The van der Waals surface area contributed by atoms with E-state index in [1.54, 1.807) is 19.9 Å². The van der Waals surface area contributed by atoms with Gasteiger partial charge in [-0.2, -0.15) is 13.2 Å². The Morgan fingerprint density at radius 2 is 1.75 bits per heavy atom. The van der Waals surface area contributed by atoms with Crippen LogP contribution in [-0.4, -0.2) is 5.54 Å². The Bertz CT molecular complexity index is 375. The van der Waals surface area contributed by atoms with Gasteiger partial charge in [0.2, 0.25) is 0 Å². The molecule has 0 heterocycles. The summed E-state index contributed by atoms with van der Waals surface area (Å²) in [6.07, 6.45) is -3.87. The van der Waals surface area contributed by atoms with E-state index in [9.17, 15) is 13.2 Å². The average molecular weight is 231 g/mol. The third kappa shape index (κ3) is 3.52. The van der Waals surface area contributed by atoms with E-state index in [1.807, 2.05) is 0 Å². The van der Waals surface area contributed by atoms with Crippen molar-refractivity contribution in [1.29, 1.82) is 0 Å². The standard InChI is InChI=1S/C12H16F3N/c1-8-4-5-9(7-11(2,3)16)6-10(8)12(13,14)15/h4-6H,7,16H2,1-3H3. The molecule has 1 nitrogen and oxygen atoms in total. The van der Waals surface area contributed by atoms with Gasteiger partial charge in [-0.1, -0.05) is 12.1 Å². The van der Waals surface area contributed by atoms with Crippen molar-refractivity contribution < 1.29 is 13.2 Å². The molecule has 0 unspecified atom stereocenters. The number of halogens is 3. The van der Waals surface area contributed by atoms with E-state index in [1.165, 1.54) is 19.1 Å². The van der Waals surface area contributed by atoms with Crippen molar-refractivity contribution in [3.63, 3.8) is 0 Å². The Hall–Kier alpha value is -1.03. The summed E-state index contributed by atoms with van der Waals surface area (Å²) in [5.74, 6) is 0. The summed E-state index contributed by atoms with van der Waals surface area (Å²) in [4.78, 5) is 0. The molecule has 0 saturated carbocycles. The van der Waals surface area contributed by atoms with E-state index in [4.69, 9.17) is 5.73 Å². The van der Waals surface area contributed by atoms with Gasteiger partial charge < -0.3 is 5.73 Å². The molecule has 0 radical (unpaired) electrons. The van der Waals surface area contributed by atoms with Crippen LogP contribution in [0.25, 0.3) is 0 Å². The van der Waals surface area contributed by atoms with Gasteiger partial charge in [0.25, 0.3) is 0 Å². The first kappa shape index (κ1) is 13.0. The topological polar surface area (TPSA) is 26.0 Å². The zero-order valence-electron chi connectivity index (χ0n) is 9.65. The van der Waals surface area contributed by atoms with Crippen LogP contribution in [0.1, 0.15) is 30.5 Å². The van der Waals surface area contributed by atoms with E-state index in [0.29, 0.717) is 12.0 Å². The molecule has 1 rings (SSSR count). The number of rotatable bonds is 2. The van der Waals surface area contributed by atoms with Gasteiger partial charge in [0, 0.05) is 5.54 Å². The van der Waals surface area contributed by atoms with E-state index >= 15 is 0 Å². The molecule has 0 bridgehead atoms. The third-order valence-corrected chi connectivity index (χ3v) is 2.27. The molecule has 0 aliphatic rings. The second kappa shape index (κ2) is 4.09. The summed E-state index contributed by atoms with van der Waals surface area (Å²) >= 11 is 0. The SMILES string of the molecule is Cc1ccc(CC(C)(C)N)cc1C(F)(F)F. The Morgan fingerprint density at radius 3 is 2.19 bits per heavy atom. The predicted molar refractivity (Wildman–Crippen MR) is 58.2 cm³/mol. The maximum Gasteiger partial charge on any atom is 0.416 e. The lowest BCUT2D eigenvalue weighted by Gasteiger charge is -2.20. The zero-order valence-corrected chi connectivity index (χ0v) is 9.65. The quantitative estimate of drug-likeness (QED) is 0.830. The Kier molecular flexibility index (Phi) is 3.33. The lowest BCUT2D eigenvalue weighted by Crippen LogP contribution is -2.34. The highest BCUT2D eigenvalue weighted by molar-refractivity contribution is 5.33. The zero-order chi connectivity index (χ0) is 12.6. The molecular formula is C12H16F3N. The molecule has 16 heavy (non-hydrogen) atoms. The van der Waals surface area contributed by atoms with Gasteiger partial charge in [-0.3, -0.25) is 0 Å². The largest absolute Gasteiger partial charge is 0.416 e. The minimum atomic E-state index is -4.29. The monoisotopic (exact) mass is 231 g/mol. The second-order valence-corrected chi connectivity index (χ2v) is 4.81. The molecule has 0 aliphatic heterocycles. The molecule has 2 N–H and O–H groups in total. The fraction of sp³-hybridized carbons (Fsp3) is 0.500. The molecular weight excluding hydrogens is 215 g/mol. The second-order valence-electron chi connectivity index (χ2n) is 4.81. The Labute approximate surface area is 93.5 Å². The van der Waals surface area contributed by atoms with Gasteiger partial charge in [0.05, 0.1) is 5.56 Å². The van der Waals surface area contributed by atoms with E-state index in [-0.39, 0.29) is 5.56 Å². The van der Waals surface area contributed by atoms with Crippen LogP contribution in [0, 0.1) is 6.92 Å². The van der Waals surface area contributed by atoms with Crippen molar-refractivity contribution in [3.8, 4) is 0 Å². The minimum absolute atomic E-state index is 0.242. The number of alkyl halides is 3. The van der Waals surface area contributed by atoms with Crippen LogP contribution < -0.4 is 5.73 Å². The first-order valence-electron chi connectivity index (χ1n) is 5.05. The Balaban J connectivity index is 3.09. The summed E-state index contributed by atoms with van der Waals surface area (Å²) in [5.41, 5.74) is 5.56. The maximum atomic E-state index is 12.6. The van der Waals surface area contributed by atoms with Crippen molar-refractivity contribution in [1.82, 2.24) is 0 Å². The van der Waals surface area contributed by atoms with E-state index in [2.05, 4.69) is 0 Å².